The minimum atomic E-state index is -0.178. The number of Topliss-reactive ketones (excluding diaryl/α,β-unsaturated/α-hetero) is 1. The van der Waals surface area contributed by atoms with E-state index in [1.165, 1.54) is 5.56 Å². The molecule has 2 aliphatic rings. The van der Waals surface area contributed by atoms with Crippen molar-refractivity contribution >= 4 is 23.5 Å². The fourth-order valence-corrected chi connectivity index (χ4v) is 4.03. The summed E-state index contributed by atoms with van der Waals surface area (Å²) in [6.45, 7) is 4.16. The molecule has 0 saturated heterocycles. The molecular weight excluding hydrogens is 320 g/mol. The van der Waals surface area contributed by atoms with Crippen molar-refractivity contribution in [2.75, 3.05) is 11.1 Å². The molecule has 1 aliphatic carbocycles. The molecule has 2 aromatic rings. The zero-order chi connectivity index (χ0) is 16.7. The van der Waals surface area contributed by atoms with Crippen LogP contribution >= 0.6 is 11.8 Å². The van der Waals surface area contributed by atoms with Crippen LogP contribution in [0.5, 0.6) is 0 Å². The third-order valence-corrected chi connectivity index (χ3v) is 5.20. The van der Waals surface area contributed by atoms with Crippen molar-refractivity contribution < 1.29 is 4.79 Å². The second kappa shape index (κ2) is 6.09. The van der Waals surface area contributed by atoms with Crippen LogP contribution in [0.3, 0.4) is 0 Å². The first-order valence-electron chi connectivity index (χ1n) is 8.36. The highest BCUT2D eigenvalue weighted by Crippen LogP contribution is 2.40. The molecule has 1 N–H and O–H groups in total. The molecule has 2 heterocycles. The lowest BCUT2D eigenvalue weighted by atomic mass is 9.85. The Morgan fingerprint density at radius 2 is 2.25 bits per heavy atom. The normalized spacial score (nSPS) is 19.8. The first kappa shape index (κ1) is 15.4. The van der Waals surface area contributed by atoms with Crippen LogP contribution in [0.25, 0.3) is 0 Å². The Labute approximate surface area is 145 Å². The van der Waals surface area contributed by atoms with Crippen LogP contribution in [-0.2, 0) is 4.79 Å². The van der Waals surface area contributed by atoms with Gasteiger partial charge in [-0.2, -0.15) is 4.98 Å². The Bertz CT molecular complexity index is 839. The first-order valence-corrected chi connectivity index (χ1v) is 9.35. The molecule has 0 spiro atoms. The van der Waals surface area contributed by atoms with Gasteiger partial charge in [-0.25, -0.2) is 4.68 Å². The maximum atomic E-state index is 12.7. The smallest absolute Gasteiger partial charge is 0.227 e. The van der Waals surface area contributed by atoms with Gasteiger partial charge in [-0.1, -0.05) is 48.5 Å². The number of carbonyl (C=O) groups is 1. The highest BCUT2D eigenvalue weighted by molar-refractivity contribution is 7.99. The van der Waals surface area contributed by atoms with Crippen molar-refractivity contribution in [1.29, 1.82) is 0 Å². The van der Waals surface area contributed by atoms with Gasteiger partial charge < -0.3 is 5.32 Å². The molecule has 1 atom stereocenters. The van der Waals surface area contributed by atoms with Crippen LogP contribution in [0.1, 0.15) is 43.4 Å². The second-order valence-corrected chi connectivity index (χ2v) is 7.44. The van der Waals surface area contributed by atoms with Crippen molar-refractivity contribution in [2.45, 2.75) is 44.3 Å². The van der Waals surface area contributed by atoms with Crippen LogP contribution in [0.2, 0.25) is 0 Å². The number of allylic oxidation sites excluding steroid dienone is 2. The third-order valence-electron chi connectivity index (χ3n) is 4.48. The van der Waals surface area contributed by atoms with Gasteiger partial charge in [0.1, 0.15) is 6.04 Å². The molecule has 0 saturated carbocycles. The Kier molecular flexibility index (Phi) is 3.92. The summed E-state index contributed by atoms with van der Waals surface area (Å²) in [5.74, 6) is 1.89. The summed E-state index contributed by atoms with van der Waals surface area (Å²) >= 11 is 1.62. The fraction of sp³-hybridized carbons (Fsp3) is 0.389. The van der Waals surface area contributed by atoms with Crippen molar-refractivity contribution in [2.24, 2.45) is 0 Å². The molecule has 0 amide bonds. The maximum Gasteiger partial charge on any atom is 0.227 e. The Morgan fingerprint density at radius 1 is 1.38 bits per heavy atom. The molecule has 5 nitrogen and oxygen atoms in total. The fourth-order valence-electron chi connectivity index (χ4n) is 3.48. The van der Waals surface area contributed by atoms with Crippen LogP contribution in [0, 0.1) is 6.92 Å². The summed E-state index contributed by atoms with van der Waals surface area (Å²) in [5.41, 5.74) is 4.16. The third kappa shape index (κ3) is 2.55. The lowest BCUT2D eigenvalue weighted by Gasteiger charge is -2.32. The minimum absolute atomic E-state index is 0.178. The zero-order valence-corrected chi connectivity index (χ0v) is 14.7. The molecule has 6 heteroatoms. The first-order chi connectivity index (χ1) is 11.7. The molecule has 0 radical (unpaired) electrons. The van der Waals surface area contributed by atoms with Gasteiger partial charge in [-0.05, 0) is 31.1 Å². The average Bonchev–Trinajstić information content (AvgIpc) is 2.95. The van der Waals surface area contributed by atoms with E-state index >= 15 is 0 Å². The van der Waals surface area contributed by atoms with Crippen molar-refractivity contribution in [3.63, 3.8) is 0 Å². The number of anilines is 1. The number of hydrogen-bond donors (Lipinski definition) is 1. The molecule has 1 aromatic carbocycles. The Balaban J connectivity index is 1.88. The van der Waals surface area contributed by atoms with Crippen molar-refractivity contribution in [1.82, 2.24) is 14.8 Å². The number of aryl methyl sites for hydroxylation is 1. The van der Waals surface area contributed by atoms with E-state index in [-0.39, 0.29) is 11.8 Å². The maximum absolute atomic E-state index is 12.7. The number of benzene rings is 1. The number of ketones is 1. The summed E-state index contributed by atoms with van der Waals surface area (Å²) in [4.78, 5) is 17.3. The highest BCUT2D eigenvalue weighted by atomic mass is 32.2. The van der Waals surface area contributed by atoms with E-state index in [9.17, 15) is 4.79 Å². The van der Waals surface area contributed by atoms with Crippen molar-refractivity contribution in [3.05, 3.63) is 46.7 Å². The summed E-state index contributed by atoms with van der Waals surface area (Å²) in [6.07, 6.45) is 2.41. The number of thioether (sulfide) groups is 1. The lowest BCUT2D eigenvalue weighted by Crippen LogP contribution is -2.31. The van der Waals surface area contributed by atoms with E-state index in [0.29, 0.717) is 6.42 Å². The zero-order valence-electron chi connectivity index (χ0n) is 13.9. The van der Waals surface area contributed by atoms with Gasteiger partial charge >= 0.3 is 0 Å². The van der Waals surface area contributed by atoms with Gasteiger partial charge in [-0.15, -0.1) is 5.10 Å². The summed E-state index contributed by atoms with van der Waals surface area (Å²) in [5, 5.41) is 8.78. The quantitative estimate of drug-likeness (QED) is 0.863. The summed E-state index contributed by atoms with van der Waals surface area (Å²) in [7, 11) is 0. The molecule has 124 valence electrons. The van der Waals surface area contributed by atoms with Crippen LogP contribution < -0.4 is 5.32 Å². The number of fused-ring (bicyclic) bond motifs is 1. The van der Waals surface area contributed by atoms with Gasteiger partial charge in [0.05, 0.1) is 0 Å². The summed E-state index contributed by atoms with van der Waals surface area (Å²) in [6, 6.07) is 8.15. The molecule has 1 aromatic heterocycles. The molecule has 0 unspecified atom stereocenters. The molecule has 24 heavy (non-hydrogen) atoms. The van der Waals surface area contributed by atoms with E-state index in [2.05, 4.69) is 47.4 Å². The predicted molar refractivity (Wildman–Crippen MR) is 95.2 cm³/mol. The number of hydrogen-bond acceptors (Lipinski definition) is 5. The second-order valence-electron chi connectivity index (χ2n) is 6.21. The molecule has 0 bridgehead atoms. The van der Waals surface area contributed by atoms with E-state index < -0.39 is 0 Å². The highest BCUT2D eigenvalue weighted by Gasteiger charge is 2.36. The molecule has 0 fully saturated rings. The van der Waals surface area contributed by atoms with E-state index in [0.717, 1.165) is 46.5 Å². The standard InChI is InChI=1S/C18H20N4OS/c1-3-24-18-20-17-19-13-8-5-9-14(23)15(13)16(22(17)21-18)12-7-4-6-11(2)10-12/h4,6-7,10,16H,3,5,8-9H2,1-2H3,(H,19,20,21)/t16-/m0/s1. The SMILES string of the molecule is CCSc1nc2n(n1)[C@@H](c1cccc(C)c1)C1=C(CCCC1=O)N2. The summed E-state index contributed by atoms with van der Waals surface area (Å²) < 4.78 is 1.88. The number of aromatic nitrogens is 3. The average molecular weight is 340 g/mol. The van der Waals surface area contributed by atoms with Gasteiger partial charge in [0.15, 0.2) is 5.78 Å². The monoisotopic (exact) mass is 340 g/mol. The lowest BCUT2D eigenvalue weighted by molar-refractivity contribution is -0.116. The van der Waals surface area contributed by atoms with Gasteiger partial charge in [0.25, 0.3) is 0 Å². The molecule has 1 aliphatic heterocycles. The van der Waals surface area contributed by atoms with Crippen LogP contribution in [0.15, 0.2) is 40.7 Å². The van der Waals surface area contributed by atoms with Gasteiger partial charge in [0, 0.05) is 17.7 Å². The van der Waals surface area contributed by atoms with Crippen molar-refractivity contribution in [3.8, 4) is 0 Å². The number of carbonyl (C=O) groups excluding carboxylic acids is 1. The predicted octanol–water partition coefficient (Wildman–Crippen LogP) is 3.72. The van der Waals surface area contributed by atoms with Gasteiger partial charge in [0.2, 0.25) is 11.1 Å². The number of nitrogens with one attached hydrogen (secondary N) is 1. The topological polar surface area (TPSA) is 59.8 Å². The number of rotatable bonds is 3. The Hall–Kier alpha value is -2.08. The van der Waals surface area contributed by atoms with E-state index in [1.54, 1.807) is 11.8 Å². The largest absolute Gasteiger partial charge is 0.328 e. The Morgan fingerprint density at radius 3 is 3.04 bits per heavy atom. The minimum Gasteiger partial charge on any atom is -0.328 e. The van der Waals surface area contributed by atoms with Crippen LogP contribution in [-0.4, -0.2) is 26.3 Å². The molecule has 4 rings (SSSR count). The van der Waals surface area contributed by atoms with Gasteiger partial charge in [-0.3, -0.25) is 4.79 Å². The van der Waals surface area contributed by atoms with E-state index in [1.807, 2.05) is 10.7 Å². The number of nitrogens with zero attached hydrogens (tertiary/aromatic N) is 3. The molecular formula is C18H20N4OS. The van der Waals surface area contributed by atoms with Crippen LogP contribution in [0.4, 0.5) is 5.95 Å². The van der Waals surface area contributed by atoms with E-state index in [4.69, 9.17) is 0 Å².